The van der Waals surface area contributed by atoms with Gasteiger partial charge in [0.2, 0.25) is 5.95 Å². The van der Waals surface area contributed by atoms with Gasteiger partial charge in [-0.25, -0.2) is 9.07 Å². The van der Waals surface area contributed by atoms with Gasteiger partial charge >= 0.3 is 0 Å². The summed E-state index contributed by atoms with van der Waals surface area (Å²) in [5, 5.41) is 11.4. The number of carbonyl (C=O) groups excluding carboxylic acids is 1. The second kappa shape index (κ2) is 9.49. The van der Waals surface area contributed by atoms with Crippen LogP contribution in [-0.4, -0.2) is 20.7 Å². The monoisotopic (exact) mass is 473 g/mol. The average Bonchev–Trinajstić information content (AvgIpc) is 3.26. The van der Waals surface area contributed by atoms with Gasteiger partial charge in [-0.15, -0.1) is 5.10 Å². The van der Waals surface area contributed by atoms with Crippen LogP contribution in [-0.2, 0) is 4.79 Å². The molecule has 170 valence electrons. The highest BCUT2D eigenvalue weighted by Gasteiger charge is 2.31. The second-order valence-corrected chi connectivity index (χ2v) is 8.42. The average molecular weight is 474 g/mol. The van der Waals surface area contributed by atoms with Gasteiger partial charge in [0, 0.05) is 11.1 Å². The third-order valence-corrected chi connectivity index (χ3v) is 5.93. The minimum atomic E-state index is -0.380. The molecule has 0 spiro atoms. The predicted octanol–water partition coefficient (Wildman–Crippen LogP) is 5.87. The van der Waals surface area contributed by atoms with E-state index in [1.807, 2.05) is 42.5 Å². The largest absolute Gasteiger partial charge is 0.347 e. The molecule has 5 rings (SSSR count). The van der Waals surface area contributed by atoms with E-state index in [1.165, 1.54) is 18.2 Å². The van der Waals surface area contributed by atoms with E-state index in [4.69, 9.17) is 11.6 Å². The van der Waals surface area contributed by atoms with Gasteiger partial charge in [-0.05, 0) is 53.5 Å². The Balaban J connectivity index is 1.40. The molecule has 1 aliphatic rings. The summed E-state index contributed by atoms with van der Waals surface area (Å²) in [5.74, 6) is 0.0580. The summed E-state index contributed by atoms with van der Waals surface area (Å²) in [4.78, 5) is 17.0. The van der Waals surface area contributed by atoms with Crippen LogP contribution in [0.4, 0.5) is 16.3 Å². The maximum absolute atomic E-state index is 13.1. The molecule has 2 N–H and O–H groups in total. The smallest absolute Gasteiger partial charge is 0.250 e. The molecule has 2 atom stereocenters. The Hall–Kier alpha value is -3.97. The molecule has 8 heteroatoms. The number of hydrogen-bond donors (Lipinski definition) is 2. The van der Waals surface area contributed by atoms with Crippen molar-refractivity contribution in [1.29, 1.82) is 0 Å². The van der Waals surface area contributed by atoms with Crippen molar-refractivity contribution in [2.45, 2.75) is 18.5 Å². The molecule has 0 saturated carbocycles. The first kappa shape index (κ1) is 21.9. The van der Waals surface area contributed by atoms with E-state index in [0.717, 1.165) is 17.5 Å². The number of benzene rings is 3. The van der Waals surface area contributed by atoms with Crippen molar-refractivity contribution in [3.05, 3.63) is 112 Å². The number of halogens is 2. The van der Waals surface area contributed by atoms with Crippen molar-refractivity contribution in [2.24, 2.45) is 0 Å². The van der Waals surface area contributed by atoms with Crippen LogP contribution in [0.15, 0.2) is 84.9 Å². The fraction of sp³-hybridized carbons (Fsp3) is 0.115. The number of nitrogens with zero attached hydrogens (tertiary/aromatic N) is 3. The molecule has 0 fully saturated rings. The molecular weight excluding hydrogens is 453 g/mol. The van der Waals surface area contributed by atoms with Gasteiger partial charge in [0.05, 0.1) is 12.1 Å². The molecule has 1 aliphatic heterocycles. The summed E-state index contributed by atoms with van der Waals surface area (Å²) in [7, 11) is 0. The lowest BCUT2D eigenvalue weighted by atomic mass is 9.93. The van der Waals surface area contributed by atoms with E-state index < -0.39 is 0 Å². The number of fused-ring (bicyclic) bond motifs is 1. The fourth-order valence-electron chi connectivity index (χ4n) is 3.99. The van der Waals surface area contributed by atoms with Crippen LogP contribution in [0.3, 0.4) is 0 Å². The van der Waals surface area contributed by atoms with Gasteiger partial charge in [0.25, 0.3) is 11.9 Å². The van der Waals surface area contributed by atoms with Crippen molar-refractivity contribution in [3.8, 4) is 0 Å². The third-order valence-electron chi connectivity index (χ3n) is 5.68. The van der Waals surface area contributed by atoms with Gasteiger partial charge in [-0.2, -0.15) is 4.98 Å². The highest BCUT2D eigenvalue weighted by molar-refractivity contribution is 6.30. The lowest BCUT2D eigenvalue weighted by Crippen LogP contribution is -2.28. The maximum atomic E-state index is 13.1. The predicted molar refractivity (Wildman–Crippen MR) is 131 cm³/mol. The van der Waals surface area contributed by atoms with Crippen LogP contribution in [0.1, 0.15) is 35.2 Å². The molecule has 1 amide bonds. The van der Waals surface area contributed by atoms with Crippen molar-refractivity contribution in [1.82, 2.24) is 14.8 Å². The lowest BCUT2D eigenvalue weighted by molar-refractivity contribution is -0.111. The van der Waals surface area contributed by atoms with E-state index in [-0.39, 0.29) is 29.8 Å². The van der Waals surface area contributed by atoms with Crippen LogP contribution in [0.2, 0.25) is 5.02 Å². The molecule has 2 unspecified atom stereocenters. The number of nitrogens with one attached hydrogen (secondary N) is 2. The molecule has 3 aromatic carbocycles. The molecule has 6 nitrogen and oxygen atoms in total. The third kappa shape index (κ3) is 4.84. The first-order chi connectivity index (χ1) is 16.5. The molecule has 0 saturated heterocycles. The Kier molecular flexibility index (Phi) is 6.10. The minimum Gasteiger partial charge on any atom is -0.347 e. The topological polar surface area (TPSA) is 71.8 Å². The van der Waals surface area contributed by atoms with Crippen molar-refractivity contribution in [3.63, 3.8) is 0 Å². The SMILES string of the molecule is O=C(C=Cc1ccc(F)cc1)Nc1nc2n(n1)C(c1ccc(Cl)cc1)CC(c1ccccc1)N2. The zero-order chi connectivity index (χ0) is 23.5. The zero-order valence-corrected chi connectivity index (χ0v) is 18.8. The van der Waals surface area contributed by atoms with Gasteiger partial charge in [-0.1, -0.05) is 66.2 Å². The minimum absolute atomic E-state index is 0.0282. The number of carbonyl (C=O) groups is 1. The van der Waals surface area contributed by atoms with Crippen molar-refractivity contribution >= 4 is 35.5 Å². The van der Waals surface area contributed by atoms with Gasteiger partial charge < -0.3 is 5.32 Å². The molecule has 0 bridgehead atoms. The maximum Gasteiger partial charge on any atom is 0.250 e. The lowest BCUT2D eigenvalue weighted by Gasteiger charge is -2.31. The molecule has 34 heavy (non-hydrogen) atoms. The second-order valence-electron chi connectivity index (χ2n) is 7.99. The Morgan fingerprint density at radius 2 is 1.76 bits per heavy atom. The van der Waals surface area contributed by atoms with Crippen molar-refractivity contribution in [2.75, 3.05) is 10.6 Å². The fourth-order valence-corrected chi connectivity index (χ4v) is 4.12. The van der Waals surface area contributed by atoms with E-state index >= 15 is 0 Å². The number of rotatable bonds is 5. The molecule has 4 aromatic rings. The zero-order valence-electron chi connectivity index (χ0n) is 18.0. The summed E-state index contributed by atoms with van der Waals surface area (Å²) in [6.07, 6.45) is 3.72. The first-order valence-electron chi connectivity index (χ1n) is 10.8. The number of amides is 1. The van der Waals surface area contributed by atoms with Crippen LogP contribution < -0.4 is 10.6 Å². The Morgan fingerprint density at radius 1 is 1.03 bits per heavy atom. The highest BCUT2D eigenvalue weighted by Crippen LogP contribution is 2.38. The Bertz CT molecular complexity index is 1320. The highest BCUT2D eigenvalue weighted by atomic mass is 35.5. The molecule has 2 heterocycles. The standard InChI is InChI=1S/C26H21ClFN5O/c27-20-11-9-19(10-12-20)23-16-22(18-4-2-1-3-5-18)29-26-31-25(32-33(23)26)30-24(34)15-8-17-6-13-21(28)14-7-17/h1-15,22-23H,16H2,(H2,29,30,31,32,34). The van der Waals surface area contributed by atoms with Crippen molar-refractivity contribution < 1.29 is 9.18 Å². The number of hydrogen-bond acceptors (Lipinski definition) is 4. The van der Waals surface area contributed by atoms with Crippen LogP contribution in [0, 0.1) is 5.82 Å². The Labute approximate surface area is 201 Å². The molecule has 0 aliphatic carbocycles. The van der Waals surface area contributed by atoms with Crippen LogP contribution >= 0.6 is 11.6 Å². The molecule has 1 aromatic heterocycles. The molecule has 0 radical (unpaired) electrons. The normalized spacial score (nSPS) is 17.2. The summed E-state index contributed by atoms with van der Waals surface area (Å²) in [6, 6.07) is 23.6. The van der Waals surface area contributed by atoms with E-state index in [0.29, 0.717) is 16.5 Å². The van der Waals surface area contributed by atoms with Gasteiger partial charge in [0.1, 0.15) is 5.82 Å². The summed E-state index contributed by atoms with van der Waals surface area (Å²) >= 11 is 6.10. The summed E-state index contributed by atoms with van der Waals surface area (Å²) < 4.78 is 14.9. The number of anilines is 2. The van der Waals surface area contributed by atoms with E-state index in [9.17, 15) is 9.18 Å². The number of aromatic nitrogens is 3. The van der Waals surface area contributed by atoms with Crippen LogP contribution in [0.25, 0.3) is 6.08 Å². The summed E-state index contributed by atoms with van der Waals surface area (Å²) in [5.41, 5.74) is 2.90. The quantitative estimate of drug-likeness (QED) is 0.356. The van der Waals surface area contributed by atoms with E-state index in [2.05, 4.69) is 32.8 Å². The van der Waals surface area contributed by atoms with Crippen LogP contribution in [0.5, 0.6) is 0 Å². The first-order valence-corrected chi connectivity index (χ1v) is 11.2. The van der Waals surface area contributed by atoms with Gasteiger partial charge in [0.15, 0.2) is 0 Å². The van der Waals surface area contributed by atoms with E-state index in [1.54, 1.807) is 22.9 Å². The van der Waals surface area contributed by atoms with Gasteiger partial charge in [-0.3, -0.25) is 10.1 Å². The molecular formula is C26H21ClFN5O. The Morgan fingerprint density at radius 3 is 2.50 bits per heavy atom. The summed E-state index contributed by atoms with van der Waals surface area (Å²) in [6.45, 7) is 0.